The van der Waals surface area contributed by atoms with Crippen molar-refractivity contribution in [1.29, 1.82) is 0 Å². The summed E-state index contributed by atoms with van der Waals surface area (Å²) in [6, 6.07) is 22.5. The van der Waals surface area contributed by atoms with Crippen LogP contribution in [0.4, 0.5) is 23.7 Å². The van der Waals surface area contributed by atoms with Crippen molar-refractivity contribution >= 4 is 17.6 Å². The van der Waals surface area contributed by atoms with Gasteiger partial charge < -0.3 is 30.3 Å². The number of alkyl halides is 3. The van der Waals surface area contributed by atoms with Crippen molar-refractivity contribution in [1.82, 2.24) is 15.5 Å². The Kier molecular flexibility index (Phi) is 8.53. The Labute approximate surface area is 230 Å². The highest BCUT2D eigenvalue weighted by Crippen LogP contribution is 2.29. The van der Waals surface area contributed by atoms with Crippen LogP contribution in [0.3, 0.4) is 0 Å². The van der Waals surface area contributed by atoms with Gasteiger partial charge in [-0.3, -0.25) is 4.79 Å². The van der Waals surface area contributed by atoms with Crippen LogP contribution in [0.1, 0.15) is 18.1 Å². The number of likely N-dealkylation sites (N-methyl/N-ethyl adjacent to an activating group) is 1. The van der Waals surface area contributed by atoms with Crippen LogP contribution in [0.25, 0.3) is 0 Å². The van der Waals surface area contributed by atoms with E-state index in [4.69, 9.17) is 0 Å². The highest BCUT2D eigenvalue weighted by Gasteiger charge is 2.41. The van der Waals surface area contributed by atoms with Crippen molar-refractivity contribution in [3.05, 3.63) is 96.1 Å². The fourth-order valence-electron chi connectivity index (χ4n) is 4.62. The molecular weight excluding hydrogens is 525 g/mol. The Hall–Kier alpha value is -4.25. The number of hydrogen-bond donors (Lipinski definition) is 3. The summed E-state index contributed by atoms with van der Waals surface area (Å²) in [5.74, 6) is -0.861. The van der Waals surface area contributed by atoms with E-state index in [1.165, 1.54) is 18.2 Å². The second-order valence-electron chi connectivity index (χ2n) is 9.87. The molecule has 8 nitrogen and oxygen atoms in total. The number of carbonyl (C=O) groups is 2. The number of anilines is 1. The summed E-state index contributed by atoms with van der Waals surface area (Å²) in [6.07, 6.45) is -6.03. The lowest BCUT2D eigenvalue weighted by molar-refractivity contribution is -0.274. The van der Waals surface area contributed by atoms with Crippen molar-refractivity contribution in [2.75, 3.05) is 25.0 Å². The van der Waals surface area contributed by atoms with Gasteiger partial charge in [0.05, 0.1) is 18.2 Å². The van der Waals surface area contributed by atoms with Crippen LogP contribution in [-0.4, -0.2) is 60.6 Å². The topological polar surface area (TPSA) is 94.1 Å². The molecule has 0 aromatic heterocycles. The van der Waals surface area contributed by atoms with Gasteiger partial charge in [-0.1, -0.05) is 66.7 Å². The maximum atomic E-state index is 13.4. The number of nitrogens with zero attached hydrogens (tertiary/aromatic N) is 2. The largest absolute Gasteiger partial charge is 0.573 e. The molecule has 40 heavy (non-hydrogen) atoms. The predicted molar refractivity (Wildman–Crippen MR) is 144 cm³/mol. The zero-order valence-corrected chi connectivity index (χ0v) is 22.1. The standard InChI is InChI=1S/C29H31F3N4O4/c1-28(21-12-7-4-8-13-21,25(37)19-35(2)22-14-9-15-23(16-22)40-29(30,31)32)34-26(38)24-18-36(27(39)33-24)17-20-10-5-3-6-11-20/h3-16,24-25,37H,17-19H2,1-2H3,(H,33,39)(H,34,38)/t24?,25-,28+/m1/s1. The lowest BCUT2D eigenvalue weighted by Gasteiger charge is -2.39. The van der Waals surface area contributed by atoms with E-state index in [1.807, 2.05) is 30.3 Å². The number of carbonyl (C=O) groups excluding carboxylic acids is 2. The average Bonchev–Trinajstić information content (AvgIpc) is 3.28. The van der Waals surface area contributed by atoms with E-state index in [-0.39, 0.29) is 24.9 Å². The number of ether oxygens (including phenoxy) is 1. The first-order chi connectivity index (χ1) is 18.9. The Morgan fingerprint density at radius 1 is 1.10 bits per heavy atom. The molecule has 0 spiro atoms. The number of benzene rings is 3. The zero-order chi connectivity index (χ0) is 28.9. The van der Waals surface area contributed by atoms with Crippen LogP contribution in [0.15, 0.2) is 84.9 Å². The second-order valence-corrected chi connectivity index (χ2v) is 9.87. The van der Waals surface area contributed by atoms with Gasteiger partial charge in [0.1, 0.15) is 11.8 Å². The van der Waals surface area contributed by atoms with E-state index < -0.39 is 30.0 Å². The summed E-state index contributed by atoms with van der Waals surface area (Å²) in [7, 11) is 1.61. The SMILES string of the molecule is CN(C[C@@H](O)[C@@](C)(NC(=O)C1CN(Cc2ccccc2)C(=O)N1)c1ccccc1)c1cccc(OC(F)(F)F)c1. The number of hydrogen-bond acceptors (Lipinski definition) is 5. The molecule has 212 valence electrons. The molecule has 4 rings (SSSR count). The van der Waals surface area contributed by atoms with E-state index in [2.05, 4.69) is 15.4 Å². The molecular formula is C29H31F3N4O4. The normalized spacial score (nSPS) is 17.5. The molecule has 11 heteroatoms. The van der Waals surface area contributed by atoms with Crippen molar-refractivity contribution in [2.24, 2.45) is 0 Å². The van der Waals surface area contributed by atoms with Gasteiger partial charge >= 0.3 is 12.4 Å². The number of aliphatic hydroxyl groups is 1. The molecule has 1 unspecified atom stereocenters. The minimum atomic E-state index is -4.83. The summed E-state index contributed by atoms with van der Waals surface area (Å²) < 4.78 is 42.1. The lowest BCUT2D eigenvalue weighted by atomic mass is 9.85. The third-order valence-electron chi connectivity index (χ3n) is 6.88. The monoisotopic (exact) mass is 556 g/mol. The molecule has 3 aromatic carbocycles. The molecule has 1 heterocycles. The van der Waals surface area contributed by atoms with Crippen LogP contribution in [0, 0.1) is 0 Å². The fraction of sp³-hybridized carbons (Fsp3) is 0.310. The van der Waals surface area contributed by atoms with Crippen molar-refractivity contribution in [2.45, 2.75) is 37.5 Å². The van der Waals surface area contributed by atoms with Gasteiger partial charge in [0.25, 0.3) is 0 Å². The highest BCUT2D eigenvalue weighted by atomic mass is 19.4. The van der Waals surface area contributed by atoms with Gasteiger partial charge in [-0.15, -0.1) is 13.2 Å². The smallest absolute Gasteiger partial charge is 0.406 e. The zero-order valence-electron chi connectivity index (χ0n) is 22.1. The maximum absolute atomic E-state index is 13.4. The molecule has 3 amide bonds. The average molecular weight is 557 g/mol. The maximum Gasteiger partial charge on any atom is 0.573 e. The second kappa shape index (κ2) is 11.9. The number of amides is 3. The summed E-state index contributed by atoms with van der Waals surface area (Å²) in [6.45, 7) is 2.11. The first-order valence-corrected chi connectivity index (χ1v) is 12.7. The van der Waals surface area contributed by atoms with Gasteiger partial charge in [0.15, 0.2) is 0 Å². The minimum Gasteiger partial charge on any atom is -0.406 e. The van der Waals surface area contributed by atoms with Crippen molar-refractivity contribution in [3.63, 3.8) is 0 Å². The lowest BCUT2D eigenvalue weighted by Crippen LogP contribution is -2.58. The number of nitrogens with one attached hydrogen (secondary N) is 2. The van der Waals surface area contributed by atoms with Gasteiger partial charge in [-0.05, 0) is 30.2 Å². The molecule has 3 atom stereocenters. The van der Waals surface area contributed by atoms with Crippen LogP contribution in [0.2, 0.25) is 0 Å². The molecule has 0 radical (unpaired) electrons. The Balaban J connectivity index is 1.49. The molecule has 1 saturated heterocycles. The van der Waals surface area contributed by atoms with Gasteiger partial charge in [0.2, 0.25) is 5.91 Å². The number of halogens is 3. The van der Waals surface area contributed by atoms with Crippen LogP contribution in [0.5, 0.6) is 5.75 Å². The van der Waals surface area contributed by atoms with E-state index in [0.717, 1.165) is 5.56 Å². The first-order valence-electron chi connectivity index (χ1n) is 12.7. The van der Waals surface area contributed by atoms with Crippen LogP contribution < -0.4 is 20.3 Å². The molecule has 3 N–H and O–H groups in total. The molecule has 1 fully saturated rings. The summed E-state index contributed by atoms with van der Waals surface area (Å²) in [5.41, 5.74) is 0.617. The fourth-order valence-corrected chi connectivity index (χ4v) is 4.62. The summed E-state index contributed by atoms with van der Waals surface area (Å²) in [4.78, 5) is 29.1. The molecule has 3 aromatic rings. The number of rotatable bonds is 10. The first kappa shape index (κ1) is 28.8. The number of urea groups is 1. The van der Waals surface area contributed by atoms with Gasteiger partial charge in [-0.25, -0.2) is 4.79 Å². The van der Waals surface area contributed by atoms with Crippen LogP contribution >= 0.6 is 0 Å². The molecule has 1 aliphatic heterocycles. The highest BCUT2D eigenvalue weighted by molar-refractivity contribution is 5.91. The van der Waals surface area contributed by atoms with Gasteiger partial charge in [-0.2, -0.15) is 0 Å². The molecule has 1 aliphatic rings. The third kappa shape index (κ3) is 7.03. The van der Waals surface area contributed by atoms with Gasteiger partial charge in [0, 0.05) is 31.9 Å². The van der Waals surface area contributed by atoms with E-state index in [9.17, 15) is 27.9 Å². The van der Waals surface area contributed by atoms with E-state index >= 15 is 0 Å². The Bertz CT molecular complexity index is 1310. The summed E-state index contributed by atoms with van der Waals surface area (Å²) >= 11 is 0. The van der Waals surface area contributed by atoms with Crippen LogP contribution in [-0.2, 0) is 16.9 Å². The summed E-state index contributed by atoms with van der Waals surface area (Å²) in [5, 5.41) is 17.1. The van der Waals surface area contributed by atoms with E-state index in [0.29, 0.717) is 17.8 Å². The number of aliphatic hydroxyl groups excluding tert-OH is 1. The molecule has 0 saturated carbocycles. The quantitative estimate of drug-likeness (QED) is 0.351. The van der Waals surface area contributed by atoms with Crippen molar-refractivity contribution < 1.29 is 32.6 Å². The molecule has 0 aliphatic carbocycles. The third-order valence-corrected chi connectivity index (χ3v) is 6.88. The Morgan fingerprint density at radius 3 is 2.40 bits per heavy atom. The predicted octanol–water partition coefficient (Wildman–Crippen LogP) is 4.01. The van der Waals surface area contributed by atoms with Crippen molar-refractivity contribution in [3.8, 4) is 5.75 Å². The molecule has 0 bridgehead atoms. The van der Waals surface area contributed by atoms with E-state index in [1.54, 1.807) is 60.2 Å². The minimum absolute atomic E-state index is 0.0433. The Morgan fingerprint density at radius 2 is 1.75 bits per heavy atom.